The van der Waals surface area contributed by atoms with Gasteiger partial charge in [0.1, 0.15) is 0 Å². The molecule has 0 aromatic heterocycles. The van der Waals surface area contributed by atoms with E-state index in [0.717, 1.165) is 38.1 Å². The van der Waals surface area contributed by atoms with Gasteiger partial charge < -0.3 is 4.84 Å². The first-order chi connectivity index (χ1) is 8.16. The van der Waals surface area contributed by atoms with Crippen LogP contribution >= 0.6 is 0 Å². The van der Waals surface area contributed by atoms with Gasteiger partial charge in [0.2, 0.25) is 5.82 Å². The molecule has 1 saturated heterocycles. The molecule has 6 heteroatoms. The third-order valence-electron chi connectivity index (χ3n) is 2.67. The number of halogens is 1. The monoisotopic (exact) mass is 240 g/mol. The van der Waals surface area contributed by atoms with Gasteiger partial charge in [-0.2, -0.15) is 4.39 Å². The molecule has 1 fully saturated rings. The second-order valence-electron chi connectivity index (χ2n) is 3.95. The Bertz CT molecular complexity index is 419. The summed E-state index contributed by atoms with van der Waals surface area (Å²) in [5.41, 5.74) is -0.531. The minimum atomic E-state index is -0.871. The van der Waals surface area contributed by atoms with Gasteiger partial charge in [0.15, 0.2) is 5.75 Å². The molecule has 0 bridgehead atoms. The molecule has 0 spiro atoms. The Balaban J connectivity index is 2.06. The summed E-state index contributed by atoms with van der Waals surface area (Å²) in [5, 5.41) is 12.2. The lowest BCUT2D eigenvalue weighted by Gasteiger charge is -2.25. The molecule has 92 valence electrons. The number of hydrogen-bond donors (Lipinski definition) is 0. The van der Waals surface area contributed by atoms with Crippen LogP contribution in [0.4, 0.5) is 10.1 Å². The van der Waals surface area contributed by atoms with Crippen molar-refractivity contribution in [2.45, 2.75) is 19.3 Å². The average Bonchev–Trinajstić information content (AvgIpc) is 2.30. The molecule has 0 amide bonds. The van der Waals surface area contributed by atoms with Crippen molar-refractivity contribution < 1.29 is 14.2 Å². The molecule has 0 N–H and O–H groups in total. The standard InChI is InChI=1S/C11H13FN2O3/c12-10-8-9(4-5-11(10)14(15)16)17-13-6-2-1-3-7-13/h4-5,8H,1-3,6-7H2. The summed E-state index contributed by atoms with van der Waals surface area (Å²) in [5.74, 6) is -0.570. The van der Waals surface area contributed by atoms with Gasteiger partial charge in [0.05, 0.1) is 4.92 Å². The predicted octanol–water partition coefficient (Wildman–Crippen LogP) is 2.51. The van der Waals surface area contributed by atoms with Crippen LogP contribution in [0.2, 0.25) is 0 Å². The lowest BCUT2D eigenvalue weighted by molar-refractivity contribution is -0.387. The van der Waals surface area contributed by atoms with Crippen molar-refractivity contribution in [1.29, 1.82) is 0 Å². The third-order valence-corrected chi connectivity index (χ3v) is 2.67. The van der Waals surface area contributed by atoms with Crippen molar-refractivity contribution in [2.24, 2.45) is 0 Å². The summed E-state index contributed by atoms with van der Waals surface area (Å²) in [6.45, 7) is 1.61. The molecule has 0 saturated carbocycles. The molecule has 1 heterocycles. The first-order valence-electron chi connectivity index (χ1n) is 5.53. The van der Waals surface area contributed by atoms with E-state index in [9.17, 15) is 14.5 Å². The SMILES string of the molecule is O=[N+]([O-])c1ccc(ON2CCCCC2)cc1F. The second kappa shape index (κ2) is 5.09. The van der Waals surface area contributed by atoms with Crippen molar-refractivity contribution in [3.05, 3.63) is 34.1 Å². The van der Waals surface area contributed by atoms with Gasteiger partial charge in [0, 0.05) is 25.2 Å². The fourth-order valence-corrected chi connectivity index (χ4v) is 1.80. The Labute approximate surface area is 97.9 Å². The molecule has 5 nitrogen and oxygen atoms in total. The van der Waals surface area contributed by atoms with Crippen LogP contribution in [0, 0.1) is 15.9 Å². The summed E-state index contributed by atoms with van der Waals surface area (Å²) < 4.78 is 13.3. The van der Waals surface area contributed by atoms with Crippen molar-refractivity contribution in [3.8, 4) is 5.75 Å². The van der Waals surface area contributed by atoms with E-state index in [0.29, 0.717) is 5.75 Å². The van der Waals surface area contributed by atoms with Gasteiger partial charge in [-0.1, -0.05) is 6.42 Å². The lowest BCUT2D eigenvalue weighted by Crippen LogP contribution is -2.32. The Morgan fingerprint density at radius 3 is 2.59 bits per heavy atom. The second-order valence-corrected chi connectivity index (χ2v) is 3.95. The summed E-state index contributed by atoms with van der Waals surface area (Å²) in [7, 11) is 0. The molecular formula is C11H13FN2O3. The molecule has 0 atom stereocenters. The number of piperidine rings is 1. The first kappa shape index (κ1) is 11.8. The minimum Gasteiger partial charge on any atom is -0.406 e. The average molecular weight is 240 g/mol. The van der Waals surface area contributed by atoms with Crippen molar-refractivity contribution in [1.82, 2.24) is 5.06 Å². The molecule has 1 aromatic rings. The molecule has 1 aliphatic heterocycles. The van der Waals surface area contributed by atoms with Crippen molar-refractivity contribution >= 4 is 5.69 Å². The van der Waals surface area contributed by atoms with E-state index in [1.807, 2.05) is 0 Å². The van der Waals surface area contributed by atoms with E-state index < -0.39 is 16.4 Å². The maximum Gasteiger partial charge on any atom is 0.305 e. The van der Waals surface area contributed by atoms with Crippen LogP contribution in [-0.4, -0.2) is 23.1 Å². The maximum absolute atomic E-state index is 13.3. The molecular weight excluding hydrogens is 227 g/mol. The van der Waals surface area contributed by atoms with Crippen molar-refractivity contribution in [2.75, 3.05) is 13.1 Å². The van der Waals surface area contributed by atoms with Crippen molar-refractivity contribution in [3.63, 3.8) is 0 Å². The molecule has 0 aliphatic carbocycles. The first-order valence-corrected chi connectivity index (χ1v) is 5.53. The van der Waals surface area contributed by atoms with E-state index in [1.54, 1.807) is 5.06 Å². The highest BCUT2D eigenvalue weighted by Gasteiger charge is 2.16. The molecule has 2 rings (SSSR count). The number of hydrogen-bond acceptors (Lipinski definition) is 4. The van der Waals surface area contributed by atoms with Gasteiger partial charge in [-0.25, -0.2) is 0 Å². The quantitative estimate of drug-likeness (QED) is 0.601. The Morgan fingerprint density at radius 1 is 1.29 bits per heavy atom. The van der Waals surface area contributed by atoms with E-state index in [4.69, 9.17) is 4.84 Å². The van der Waals surface area contributed by atoms with Gasteiger partial charge in [0.25, 0.3) is 0 Å². The zero-order valence-electron chi connectivity index (χ0n) is 9.26. The smallest absolute Gasteiger partial charge is 0.305 e. The van der Waals surface area contributed by atoms with E-state index in [-0.39, 0.29) is 0 Å². The van der Waals surface area contributed by atoms with E-state index in [2.05, 4.69) is 0 Å². The Kier molecular flexibility index (Phi) is 3.53. The summed E-state index contributed by atoms with van der Waals surface area (Å²) in [6.07, 6.45) is 3.28. The number of benzene rings is 1. The number of nitro groups is 1. The Morgan fingerprint density at radius 2 is 2.00 bits per heavy atom. The van der Waals surface area contributed by atoms with Crippen LogP contribution in [0.15, 0.2) is 18.2 Å². The highest BCUT2D eigenvalue weighted by molar-refractivity contribution is 5.37. The van der Waals surface area contributed by atoms with Crippen LogP contribution < -0.4 is 4.84 Å². The van der Waals surface area contributed by atoms with Crippen LogP contribution in [-0.2, 0) is 0 Å². The summed E-state index contributed by atoms with van der Waals surface area (Å²) in [4.78, 5) is 15.1. The number of nitro benzene ring substituents is 1. The highest BCUT2D eigenvalue weighted by Crippen LogP contribution is 2.23. The Hall–Kier alpha value is -1.69. The van der Waals surface area contributed by atoms with E-state index >= 15 is 0 Å². The fourth-order valence-electron chi connectivity index (χ4n) is 1.80. The highest BCUT2D eigenvalue weighted by atomic mass is 19.1. The maximum atomic E-state index is 13.3. The van der Waals surface area contributed by atoms with Gasteiger partial charge in [-0.05, 0) is 18.9 Å². The predicted molar refractivity (Wildman–Crippen MR) is 59.1 cm³/mol. The summed E-state index contributed by atoms with van der Waals surface area (Å²) in [6, 6.07) is 3.58. The molecule has 17 heavy (non-hydrogen) atoms. The minimum absolute atomic E-state index is 0.301. The normalized spacial score (nSPS) is 16.8. The van der Waals surface area contributed by atoms with Crippen LogP contribution in [0.1, 0.15) is 19.3 Å². The van der Waals surface area contributed by atoms with E-state index in [1.165, 1.54) is 12.5 Å². The fraction of sp³-hybridized carbons (Fsp3) is 0.455. The zero-order chi connectivity index (χ0) is 12.3. The lowest BCUT2D eigenvalue weighted by atomic mass is 10.2. The van der Waals surface area contributed by atoms with Gasteiger partial charge in [-0.15, -0.1) is 5.06 Å². The molecule has 0 unspecified atom stereocenters. The van der Waals surface area contributed by atoms with Crippen LogP contribution in [0.25, 0.3) is 0 Å². The third kappa shape index (κ3) is 2.91. The van der Waals surface area contributed by atoms with Crippen LogP contribution in [0.3, 0.4) is 0 Å². The topological polar surface area (TPSA) is 55.6 Å². The summed E-state index contributed by atoms with van der Waals surface area (Å²) >= 11 is 0. The zero-order valence-corrected chi connectivity index (χ0v) is 9.26. The molecule has 1 aliphatic rings. The van der Waals surface area contributed by atoms with Gasteiger partial charge >= 0.3 is 5.69 Å². The number of hydroxylamine groups is 2. The largest absolute Gasteiger partial charge is 0.406 e. The van der Waals surface area contributed by atoms with Crippen LogP contribution in [0.5, 0.6) is 5.75 Å². The molecule has 0 radical (unpaired) electrons. The number of nitrogens with zero attached hydrogens (tertiary/aromatic N) is 2. The number of rotatable bonds is 3. The molecule has 1 aromatic carbocycles. The van der Waals surface area contributed by atoms with Gasteiger partial charge in [-0.3, -0.25) is 10.1 Å².